The van der Waals surface area contributed by atoms with E-state index in [1.807, 2.05) is 11.8 Å². The van der Waals surface area contributed by atoms with Crippen molar-refractivity contribution >= 4 is 11.8 Å². The number of hydrogen-bond donors (Lipinski definition) is 0. The van der Waals surface area contributed by atoms with Crippen LogP contribution in [0.3, 0.4) is 0 Å². The van der Waals surface area contributed by atoms with Gasteiger partial charge in [0.25, 0.3) is 0 Å². The van der Waals surface area contributed by atoms with E-state index in [0.717, 1.165) is 30.9 Å². The maximum absolute atomic E-state index is 9.40. The highest BCUT2D eigenvalue weighted by molar-refractivity contribution is 7.98. The first-order valence-electron chi connectivity index (χ1n) is 6.34. The lowest BCUT2D eigenvalue weighted by Crippen LogP contribution is -2.32. The molecule has 16 heavy (non-hydrogen) atoms. The van der Waals surface area contributed by atoms with Crippen LogP contribution >= 0.6 is 11.8 Å². The molecular weight excluding hydrogens is 214 g/mol. The summed E-state index contributed by atoms with van der Waals surface area (Å²) in [6, 6.07) is 2.61. The molecule has 0 amide bonds. The van der Waals surface area contributed by atoms with Gasteiger partial charge in [-0.15, -0.1) is 0 Å². The van der Waals surface area contributed by atoms with Crippen LogP contribution in [-0.2, 0) is 0 Å². The third-order valence-corrected chi connectivity index (χ3v) is 4.80. The minimum absolute atomic E-state index is 0.00472. The average molecular weight is 239 g/mol. The van der Waals surface area contributed by atoms with Crippen molar-refractivity contribution < 1.29 is 0 Å². The molecule has 1 aliphatic carbocycles. The fourth-order valence-corrected chi connectivity index (χ4v) is 3.35. The van der Waals surface area contributed by atoms with Crippen molar-refractivity contribution in [3.05, 3.63) is 0 Å². The van der Waals surface area contributed by atoms with Crippen molar-refractivity contribution in [2.75, 3.05) is 12.0 Å². The van der Waals surface area contributed by atoms with E-state index in [4.69, 9.17) is 0 Å². The molecule has 0 radical (unpaired) electrons. The molecule has 0 aromatic carbocycles. The Kier molecular flexibility index (Phi) is 4.73. The van der Waals surface area contributed by atoms with Crippen LogP contribution in [0.2, 0.25) is 0 Å². The molecule has 0 bridgehead atoms. The molecule has 0 saturated heterocycles. The fraction of sp³-hybridized carbons (Fsp3) is 0.929. The number of hydrogen-bond acceptors (Lipinski definition) is 2. The lowest BCUT2D eigenvalue weighted by molar-refractivity contribution is 0.119. The molecule has 0 N–H and O–H groups in total. The molecule has 0 aromatic rings. The van der Waals surface area contributed by atoms with Crippen LogP contribution in [0.15, 0.2) is 0 Å². The molecular formula is C14H25NS. The number of nitrogens with zero attached hydrogens (tertiary/aromatic N) is 1. The minimum Gasteiger partial charge on any atom is -0.198 e. The van der Waals surface area contributed by atoms with Crippen LogP contribution in [0.4, 0.5) is 0 Å². The second-order valence-electron chi connectivity index (χ2n) is 6.28. The first-order valence-corrected chi connectivity index (χ1v) is 7.73. The third-order valence-electron chi connectivity index (χ3n) is 4.19. The van der Waals surface area contributed by atoms with Gasteiger partial charge in [0.2, 0.25) is 0 Å². The van der Waals surface area contributed by atoms with Gasteiger partial charge in [-0.2, -0.15) is 17.0 Å². The predicted octanol–water partition coefficient (Wildman–Crippen LogP) is 4.49. The number of rotatable bonds is 3. The second kappa shape index (κ2) is 5.45. The van der Waals surface area contributed by atoms with Crippen LogP contribution < -0.4 is 0 Å². The smallest absolute Gasteiger partial charge is 0.0690 e. The molecule has 92 valence electrons. The van der Waals surface area contributed by atoms with Gasteiger partial charge in [0.05, 0.1) is 11.5 Å². The summed E-state index contributed by atoms with van der Waals surface area (Å²) in [6.45, 7) is 7.00. The van der Waals surface area contributed by atoms with Gasteiger partial charge in [-0.25, -0.2) is 0 Å². The monoisotopic (exact) mass is 239 g/mol. The number of thioether (sulfide) groups is 1. The van der Waals surface area contributed by atoms with Gasteiger partial charge in [0.1, 0.15) is 0 Å². The van der Waals surface area contributed by atoms with Crippen molar-refractivity contribution in [3.8, 4) is 6.07 Å². The molecule has 1 saturated carbocycles. The second-order valence-corrected chi connectivity index (χ2v) is 7.26. The molecule has 0 aliphatic heterocycles. The quantitative estimate of drug-likeness (QED) is 0.724. The van der Waals surface area contributed by atoms with E-state index in [-0.39, 0.29) is 5.41 Å². The molecule has 0 spiro atoms. The summed E-state index contributed by atoms with van der Waals surface area (Å²) in [5.74, 6) is 1.94. The Morgan fingerprint density at radius 3 is 2.25 bits per heavy atom. The van der Waals surface area contributed by atoms with Crippen LogP contribution in [0.1, 0.15) is 52.9 Å². The van der Waals surface area contributed by atoms with Crippen molar-refractivity contribution in [2.45, 2.75) is 52.9 Å². The molecule has 2 heteroatoms. The average Bonchev–Trinajstić information content (AvgIpc) is 2.26. The topological polar surface area (TPSA) is 23.8 Å². The first kappa shape index (κ1) is 13.9. The van der Waals surface area contributed by atoms with Gasteiger partial charge in [-0.1, -0.05) is 20.8 Å². The fourth-order valence-electron chi connectivity index (χ4n) is 2.75. The molecule has 0 heterocycles. The lowest BCUT2D eigenvalue weighted by Gasteiger charge is -2.40. The Morgan fingerprint density at radius 1 is 1.31 bits per heavy atom. The summed E-state index contributed by atoms with van der Waals surface area (Å²) in [4.78, 5) is 0. The molecule has 1 nitrogen and oxygen atoms in total. The summed E-state index contributed by atoms with van der Waals surface area (Å²) in [5, 5.41) is 9.40. The summed E-state index contributed by atoms with van der Waals surface area (Å²) in [5.41, 5.74) is 0.423. The summed E-state index contributed by atoms with van der Waals surface area (Å²) < 4.78 is 0. The van der Waals surface area contributed by atoms with Gasteiger partial charge in [0.15, 0.2) is 0 Å². The molecule has 1 rings (SSSR count). The van der Waals surface area contributed by atoms with Gasteiger partial charge >= 0.3 is 0 Å². The first-order chi connectivity index (χ1) is 7.43. The standard InChI is InChI=1S/C14H25NS/c1-13(2,3)12-5-7-14(11-15,8-6-12)9-10-16-4/h12H,5-10H2,1-4H3. The van der Waals surface area contributed by atoms with Crippen molar-refractivity contribution in [1.82, 2.24) is 0 Å². The Labute approximate surface area is 105 Å². The van der Waals surface area contributed by atoms with Gasteiger partial charge in [-0.05, 0) is 55.4 Å². The summed E-state index contributed by atoms with van der Waals surface area (Å²) in [7, 11) is 0. The zero-order valence-corrected chi connectivity index (χ0v) is 12.0. The predicted molar refractivity (Wildman–Crippen MR) is 72.5 cm³/mol. The molecule has 0 unspecified atom stereocenters. The van der Waals surface area contributed by atoms with Crippen LogP contribution in [0.5, 0.6) is 0 Å². The third kappa shape index (κ3) is 3.42. The van der Waals surface area contributed by atoms with Crippen molar-refractivity contribution in [2.24, 2.45) is 16.7 Å². The van der Waals surface area contributed by atoms with E-state index in [1.165, 1.54) is 12.8 Å². The Hall–Kier alpha value is -0.160. The van der Waals surface area contributed by atoms with E-state index in [0.29, 0.717) is 5.41 Å². The van der Waals surface area contributed by atoms with E-state index >= 15 is 0 Å². The minimum atomic E-state index is 0.00472. The molecule has 0 aromatic heterocycles. The van der Waals surface area contributed by atoms with Crippen molar-refractivity contribution in [1.29, 1.82) is 5.26 Å². The highest BCUT2D eigenvalue weighted by Gasteiger charge is 2.38. The maximum Gasteiger partial charge on any atom is 0.0690 e. The van der Waals surface area contributed by atoms with E-state index in [1.54, 1.807) is 0 Å². The van der Waals surface area contributed by atoms with E-state index in [2.05, 4.69) is 33.1 Å². The van der Waals surface area contributed by atoms with E-state index < -0.39 is 0 Å². The molecule has 1 aliphatic rings. The SMILES string of the molecule is CSCCC1(C#N)CCC(C(C)(C)C)CC1. The van der Waals surface area contributed by atoms with Gasteiger partial charge in [0, 0.05) is 0 Å². The zero-order chi connectivity index (χ0) is 12.2. The largest absolute Gasteiger partial charge is 0.198 e. The van der Waals surface area contributed by atoms with Crippen LogP contribution in [0, 0.1) is 28.1 Å². The van der Waals surface area contributed by atoms with E-state index in [9.17, 15) is 5.26 Å². The Bertz CT molecular complexity index is 251. The molecule has 0 atom stereocenters. The number of nitriles is 1. The lowest BCUT2D eigenvalue weighted by atomic mass is 9.64. The normalized spacial score (nSPS) is 31.1. The van der Waals surface area contributed by atoms with Gasteiger partial charge < -0.3 is 0 Å². The highest BCUT2D eigenvalue weighted by atomic mass is 32.2. The highest BCUT2D eigenvalue weighted by Crippen LogP contribution is 2.46. The molecule has 1 fully saturated rings. The van der Waals surface area contributed by atoms with Crippen LogP contribution in [-0.4, -0.2) is 12.0 Å². The zero-order valence-electron chi connectivity index (χ0n) is 11.2. The summed E-state index contributed by atoms with van der Waals surface area (Å²) in [6.07, 6.45) is 7.93. The maximum atomic E-state index is 9.40. The van der Waals surface area contributed by atoms with Crippen molar-refractivity contribution in [3.63, 3.8) is 0 Å². The summed E-state index contributed by atoms with van der Waals surface area (Å²) >= 11 is 1.86. The Balaban J connectivity index is 2.54. The van der Waals surface area contributed by atoms with Gasteiger partial charge in [-0.3, -0.25) is 0 Å². The van der Waals surface area contributed by atoms with Crippen LogP contribution in [0.25, 0.3) is 0 Å². The Morgan fingerprint density at radius 2 is 1.88 bits per heavy atom.